The van der Waals surface area contributed by atoms with Crippen molar-refractivity contribution >= 4 is 0 Å². The number of rotatable bonds is 4. The number of furan rings is 1. The summed E-state index contributed by atoms with van der Waals surface area (Å²) in [5, 5.41) is 4.49. The van der Waals surface area contributed by atoms with E-state index < -0.39 is 0 Å². The molecule has 0 saturated heterocycles. The predicted octanol–water partition coefficient (Wildman–Crippen LogP) is 3.21. The van der Waals surface area contributed by atoms with Gasteiger partial charge in [0, 0.05) is 13.2 Å². The first kappa shape index (κ1) is 12.9. The Morgan fingerprint density at radius 1 is 1.39 bits per heavy atom. The van der Waals surface area contributed by atoms with Gasteiger partial charge in [-0.1, -0.05) is 20.8 Å². The minimum Gasteiger partial charge on any atom is -0.459 e. The Morgan fingerprint density at radius 3 is 2.72 bits per heavy atom. The first-order chi connectivity index (χ1) is 8.52. The maximum atomic E-state index is 5.97. The number of hydrogen-bond acceptors (Lipinski definition) is 3. The molecule has 1 atom stereocenters. The van der Waals surface area contributed by atoms with Gasteiger partial charge in [-0.3, -0.25) is 4.68 Å². The first-order valence-electron chi connectivity index (χ1n) is 6.42. The maximum Gasteiger partial charge on any atom is 0.137 e. The largest absolute Gasteiger partial charge is 0.459 e. The third-order valence-electron chi connectivity index (χ3n) is 3.10. The van der Waals surface area contributed by atoms with Crippen LogP contribution in [-0.4, -0.2) is 9.78 Å². The summed E-state index contributed by atoms with van der Waals surface area (Å²) in [6.07, 6.45) is 2.87. The van der Waals surface area contributed by atoms with Crippen LogP contribution >= 0.6 is 0 Å². The second-order valence-electron chi connectivity index (χ2n) is 4.97. The van der Waals surface area contributed by atoms with E-state index in [2.05, 4.69) is 25.9 Å². The summed E-state index contributed by atoms with van der Waals surface area (Å²) < 4.78 is 7.67. The first-order valence-corrected chi connectivity index (χ1v) is 6.42. The van der Waals surface area contributed by atoms with Crippen LogP contribution in [-0.2, 0) is 7.05 Å². The van der Waals surface area contributed by atoms with Crippen LogP contribution < -0.4 is 5.73 Å². The normalized spacial score (nSPS) is 13.2. The highest BCUT2D eigenvalue weighted by molar-refractivity contribution is 5.60. The highest BCUT2D eigenvalue weighted by Gasteiger charge is 2.17. The smallest absolute Gasteiger partial charge is 0.137 e. The van der Waals surface area contributed by atoms with Gasteiger partial charge in [-0.05, 0) is 24.5 Å². The van der Waals surface area contributed by atoms with Crippen LogP contribution in [0.15, 0.2) is 22.7 Å². The van der Waals surface area contributed by atoms with Crippen LogP contribution in [0.2, 0.25) is 0 Å². The molecule has 0 bridgehead atoms. The lowest BCUT2D eigenvalue weighted by Gasteiger charge is -2.05. The molecule has 2 aromatic heterocycles. The molecule has 0 aromatic carbocycles. The molecule has 2 heterocycles. The summed E-state index contributed by atoms with van der Waals surface area (Å²) in [4.78, 5) is 0. The van der Waals surface area contributed by atoms with E-state index in [1.54, 1.807) is 0 Å². The predicted molar refractivity (Wildman–Crippen MR) is 72.2 cm³/mol. The topological polar surface area (TPSA) is 57.0 Å². The lowest BCUT2D eigenvalue weighted by Crippen LogP contribution is -2.06. The number of nitrogens with two attached hydrogens (primary N) is 1. The van der Waals surface area contributed by atoms with Crippen LogP contribution in [0.5, 0.6) is 0 Å². The number of hydrogen-bond donors (Lipinski definition) is 1. The number of nitrogens with zero attached hydrogens (tertiary/aromatic N) is 2. The van der Waals surface area contributed by atoms with Crippen molar-refractivity contribution in [2.24, 2.45) is 12.8 Å². The van der Waals surface area contributed by atoms with E-state index in [1.165, 1.54) is 0 Å². The average Bonchev–Trinajstić information content (AvgIpc) is 2.93. The molecule has 4 nitrogen and oxygen atoms in total. The van der Waals surface area contributed by atoms with Gasteiger partial charge in [0.15, 0.2) is 0 Å². The van der Waals surface area contributed by atoms with Crippen molar-refractivity contribution in [2.45, 2.75) is 39.2 Å². The molecule has 2 rings (SSSR count). The molecule has 2 aromatic rings. The van der Waals surface area contributed by atoms with Crippen molar-refractivity contribution in [3.63, 3.8) is 0 Å². The molecule has 18 heavy (non-hydrogen) atoms. The number of aromatic nitrogens is 2. The molecule has 4 heteroatoms. The van der Waals surface area contributed by atoms with E-state index in [1.807, 2.05) is 30.1 Å². The van der Waals surface area contributed by atoms with Gasteiger partial charge in [-0.25, -0.2) is 0 Å². The van der Waals surface area contributed by atoms with Crippen LogP contribution in [0, 0.1) is 0 Å². The Bertz CT molecular complexity index is 525. The van der Waals surface area contributed by atoms with E-state index in [4.69, 9.17) is 10.2 Å². The molecule has 0 spiro atoms. The van der Waals surface area contributed by atoms with Gasteiger partial charge in [0.25, 0.3) is 0 Å². The third kappa shape index (κ3) is 2.34. The van der Waals surface area contributed by atoms with Gasteiger partial charge >= 0.3 is 0 Å². The third-order valence-corrected chi connectivity index (χ3v) is 3.10. The fraction of sp³-hybridized carbons (Fsp3) is 0.500. The summed E-state index contributed by atoms with van der Waals surface area (Å²) in [6, 6.07) is 3.91. The summed E-state index contributed by atoms with van der Waals surface area (Å²) in [6.45, 7) is 6.32. The molecule has 0 aliphatic rings. The van der Waals surface area contributed by atoms with E-state index >= 15 is 0 Å². The maximum absolute atomic E-state index is 5.97. The van der Waals surface area contributed by atoms with Crippen LogP contribution in [0.4, 0.5) is 0 Å². The van der Waals surface area contributed by atoms with Crippen molar-refractivity contribution in [2.75, 3.05) is 0 Å². The standard InChI is InChI=1S/C14H21N3O/c1-5-11(15)13-7-6-12(18-13)10-8-17(4)16-14(10)9(2)3/h6-9,11H,5,15H2,1-4H3. The molecule has 98 valence electrons. The molecule has 1 unspecified atom stereocenters. The molecule has 0 amide bonds. The minimum absolute atomic E-state index is 0.0297. The zero-order chi connectivity index (χ0) is 13.3. The fourth-order valence-corrected chi connectivity index (χ4v) is 2.02. The summed E-state index contributed by atoms with van der Waals surface area (Å²) >= 11 is 0. The average molecular weight is 247 g/mol. The van der Waals surface area contributed by atoms with Crippen LogP contribution in [0.1, 0.15) is 50.6 Å². The number of aryl methyl sites for hydroxylation is 1. The van der Waals surface area contributed by atoms with Gasteiger partial charge < -0.3 is 10.2 Å². The molecule has 0 aliphatic heterocycles. The Hall–Kier alpha value is -1.55. The molecular weight excluding hydrogens is 226 g/mol. The lowest BCUT2D eigenvalue weighted by atomic mass is 10.1. The van der Waals surface area contributed by atoms with Crippen LogP contribution in [0.25, 0.3) is 11.3 Å². The van der Waals surface area contributed by atoms with Gasteiger partial charge in [-0.2, -0.15) is 5.10 Å². The lowest BCUT2D eigenvalue weighted by molar-refractivity contribution is 0.469. The molecular formula is C14H21N3O. The Morgan fingerprint density at radius 2 is 2.11 bits per heavy atom. The second-order valence-corrected chi connectivity index (χ2v) is 4.97. The second kappa shape index (κ2) is 4.98. The van der Waals surface area contributed by atoms with Gasteiger partial charge in [0.05, 0.1) is 17.3 Å². The Balaban J connectivity index is 2.39. The van der Waals surface area contributed by atoms with Crippen LogP contribution in [0.3, 0.4) is 0 Å². The van der Waals surface area contributed by atoms with Crippen molar-refractivity contribution in [1.29, 1.82) is 0 Å². The van der Waals surface area contributed by atoms with Crippen molar-refractivity contribution in [3.8, 4) is 11.3 Å². The Kier molecular flexibility index (Phi) is 3.57. The molecule has 0 aliphatic carbocycles. The van der Waals surface area contributed by atoms with Crippen molar-refractivity contribution in [3.05, 3.63) is 29.8 Å². The van der Waals surface area contributed by atoms with E-state index in [0.29, 0.717) is 5.92 Å². The summed E-state index contributed by atoms with van der Waals surface area (Å²) in [5.74, 6) is 2.06. The zero-order valence-electron chi connectivity index (χ0n) is 11.5. The zero-order valence-corrected chi connectivity index (χ0v) is 11.5. The quantitative estimate of drug-likeness (QED) is 0.902. The SMILES string of the molecule is CCC(N)c1ccc(-c2cn(C)nc2C(C)C)o1. The molecule has 2 N–H and O–H groups in total. The Labute approximate surface area is 108 Å². The molecule has 0 fully saturated rings. The summed E-state index contributed by atoms with van der Waals surface area (Å²) in [7, 11) is 1.93. The van der Waals surface area contributed by atoms with Crippen molar-refractivity contribution < 1.29 is 4.42 Å². The fourth-order valence-electron chi connectivity index (χ4n) is 2.02. The van der Waals surface area contributed by atoms with Crippen molar-refractivity contribution in [1.82, 2.24) is 9.78 Å². The van der Waals surface area contributed by atoms with Gasteiger partial charge in [0.2, 0.25) is 0 Å². The van der Waals surface area contributed by atoms with E-state index in [9.17, 15) is 0 Å². The van der Waals surface area contributed by atoms with Gasteiger partial charge in [0.1, 0.15) is 11.5 Å². The summed E-state index contributed by atoms with van der Waals surface area (Å²) in [5.41, 5.74) is 8.09. The monoisotopic (exact) mass is 247 g/mol. The molecule has 0 radical (unpaired) electrons. The highest BCUT2D eigenvalue weighted by Crippen LogP contribution is 2.31. The highest BCUT2D eigenvalue weighted by atomic mass is 16.3. The van der Waals surface area contributed by atoms with Gasteiger partial charge in [-0.15, -0.1) is 0 Å². The van der Waals surface area contributed by atoms with E-state index in [-0.39, 0.29) is 6.04 Å². The minimum atomic E-state index is -0.0297. The molecule has 0 saturated carbocycles. The van der Waals surface area contributed by atoms with E-state index in [0.717, 1.165) is 29.2 Å².